The highest BCUT2D eigenvalue weighted by Gasteiger charge is 2.13. The predicted octanol–water partition coefficient (Wildman–Crippen LogP) is 3.22. The Bertz CT molecular complexity index is 1030. The third kappa shape index (κ3) is 5.74. The first-order valence-corrected chi connectivity index (χ1v) is 8.99. The van der Waals surface area contributed by atoms with E-state index >= 15 is 0 Å². The van der Waals surface area contributed by atoms with Gasteiger partial charge in [-0.1, -0.05) is 42.5 Å². The smallest absolute Gasteiger partial charge is 0.274 e. The molecule has 0 aliphatic heterocycles. The Hall–Kier alpha value is -4.00. The van der Waals surface area contributed by atoms with Crippen molar-refractivity contribution >= 4 is 29.1 Å². The largest absolute Gasteiger partial charge is 0.347 e. The maximum atomic E-state index is 12.5. The summed E-state index contributed by atoms with van der Waals surface area (Å²) in [6.07, 6.45) is 0. The Morgan fingerprint density at radius 2 is 1.38 bits per heavy atom. The van der Waals surface area contributed by atoms with E-state index in [1.165, 1.54) is 13.0 Å². The Morgan fingerprint density at radius 3 is 2.07 bits per heavy atom. The molecule has 0 aliphatic carbocycles. The number of hydrogen-bond acceptors (Lipinski definition) is 4. The number of hydrogen-bond donors (Lipinski definition) is 3. The molecular formula is C22H20N4O3. The van der Waals surface area contributed by atoms with Crippen molar-refractivity contribution in [3.8, 4) is 0 Å². The van der Waals surface area contributed by atoms with Gasteiger partial charge in [0.25, 0.3) is 11.8 Å². The monoisotopic (exact) mass is 388 g/mol. The topological polar surface area (TPSA) is 100 Å². The normalized spacial score (nSPS) is 10.1. The molecule has 0 atom stereocenters. The molecule has 3 aromatic rings. The van der Waals surface area contributed by atoms with Crippen LogP contribution >= 0.6 is 0 Å². The second-order valence-electron chi connectivity index (χ2n) is 6.29. The van der Waals surface area contributed by atoms with E-state index in [2.05, 4.69) is 20.9 Å². The molecule has 0 saturated heterocycles. The molecule has 3 N–H and O–H groups in total. The van der Waals surface area contributed by atoms with Crippen molar-refractivity contribution in [1.82, 2.24) is 10.3 Å². The van der Waals surface area contributed by atoms with Crippen LogP contribution in [0.25, 0.3) is 0 Å². The number of benzene rings is 2. The summed E-state index contributed by atoms with van der Waals surface area (Å²) in [4.78, 5) is 40.2. The highest BCUT2D eigenvalue weighted by atomic mass is 16.2. The zero-order valence-electron chi connectivity index (χ0n) is 15.8. The van der Waals surface area contributed by atoms with E-state index in [9.17, 15) is 14.4 Å². The molecule has 0 radical (unpaired) electrons. The van der Waals surface area contributed by atoms with Crippen LogP contribution in [-0.4, -0.2) is 22.7 Å². The third-order valence-corrected chi connectivity index (χ3v) is 3.95. The second-order valence-corrected chi connectivity index (χ2v) is 6.29. The molecule has 7 heteroatoms. The molecule has 3 amide bonds. The highest BCUT2D eigenvalue weighted by Crippen LogP contribution is 2.16. The maximum absolute atomic E-state index is 12.5. The van der Waals surface area contributed by atoms with Crippen molar-refractivity contribution in [1.29, 1.82) is 0 Å². The standard InChI is InChI=1S/C22H20N4O3/c1-15(27)24-17-9-5-10-18(13-17)25-22(29)20-12-6-11-19(26-20)21(28)23-14-16-7-3-2-4-8-16/h2-13H,14H2,1H3,(H,23,28)(H,24,27)(H,25,29). The van der Waals surface area contributed by atoms with Crippen molar-refractivity contribution in [2.45, 2.75) is 13.5 Å². The molecule has 3 rings (SSSR count). The minimum absolute atomic E-state index is 0.113. The van der Waals surface area contributed by atoms with Crippen molar-refractivity contribution < 1.29 is 14.4 Å². The number of amides is 3. The van der Waals surface area contributed by atoms with E-state index in [1.807, 2.05) is 30.3 Å². The Kier molecular flexibility index (Phi) is 6.32. The van der Waals surface area contributed by atoms with Crippen LogP contribution in [0.5, 0.6) is 0 Å². The number of nitrogens with one attached hydrogen (secondary N) is 3. The van der Waals surface area contributed by atoms with Gasteiger partial charge in [0.2, 0.25) is 5.91 Å². The summed E-state index contributed by atoms with van der Waals surface area (Å²) in [7, 11) is 0. The van der Waals surface area contributed by atoms with Crippen LogP contribution in [-0.2, 0) is 11.3 Å². The molecule has 7 nitrogen and oxygen atoms in total. The SMILES string of the molecule is CC(=O)Nc1cccc(NC(=O)c2cccc(C(=O)NCc3ccccc3)n2)c1. The van der Waals surface area contributed by atoms with Gasteiger partial charge in [-0.25, -0.2) is 4.98 Å². The van der Waals surface area contributed by atoms with E-state index in [1.54, 1.807) is 36.4 Å². The van der Waals surface area contributed by atoms with Crippen LogP contribution in [0.2, 0.25) is 0 Å². The summed E-state index contributed by atoms with van der Waals surface area (Å²) in [5.74, 6) is -1.02. The second kappa shape index (κ2) is 9.27. The fourth-order valence-corrected chi connectivity index (χ4v) is 2.63. The van der Waals surface area contributed by atoms with Crippen molar-refractivity contribution in [2.24, 2.45) is 0 Å². The molecule has 0 bridgehead atoms. The molecule has 29 heavy (non-hydrogen) atoms. The van der Waals surface area contributed by atoms with Crippen LogP contribution in [0, 0.1) is 0 Å². The van der Waals surface area contributed by atoms with Gasteiger partial charge in [0.05, 0.1) is 0 Å². The van der Waals surface area contributed by atoms with Crippen molar-refractivity contribution in [3.05, 3.63) is 89.7 Å². The molecule has 0 aliphatic rings. The van der Waals surface area contributed by atoms with E-state index in [0.717, 1.165) is 5.56 Å². The first kappa shape index (κ1) is 19.8. The zero-order valence-corrected chi connectivity index (χ0v) is 15.8. The highest BCUT2D eigenvalue weighted by molar-refractivity contribution is 6.04. The molecular weight excluding hydrogens is 368 g/mol. The maximum Gasteiger partial charge on any atom is 0.274 e. The van der Waals surface area contributed by atoms with E-state index in [-0.39, 0.29) is 23.2 Å². The van der Waals surface area contributed by atoms with E-state index in [0.29, 0.717) is 17.9 Å². The van der Waals surface area contributed by atoms with Crippen LogP contribution in [0.3, 0.4) is 0 Å². The number of rotatable bonds is 6. The van der Waals surface area contributed by atoms with Gasteiger partial charge in [-0.2, -0.15) is 0 Å². The van der Waals surface area contributed by atoms with E-state index in [4.69, 9.17) is 0 Å². The number of anilines is 2. The van der Waals surface area contributed by atoms with Crippen LogP contribution < -0.4 is 16.0 Å². The fraction of sp³-hybridized carbons (Fsp3) is 0.0909. The van der Waals surface area contributed by atoms with Gasteiger partial charge in [-0.15, -0.1) is 0 Å². The number of carbonyl (C=O) groups is 3. The van der Waals surface area contributed by atoms with Gasteiger partial charge in [0.1, 0.15) is 11.4 Å². The third-order valence-electron chi connectivity index (χ3n) is 3.95. The average Bonchev–Trinajstić information content (AvgIpc) is 2.72. The predicted molar refractivity (Wildman–Crippen MR) is 111 cm³/mol. The van der Waals surface area contributed by atoms with Crippen molar-refractivity contribution in [2.75, 3.05) is 10.6 Å². The summed E-state index contributed by atoms with van der Waals surface area (Å²) in [5.41, 5.74) is 2.30. The van der Waals surface area contributed by atoms with Crippen LogP contribution in [0.1, 0.15) is 33.5 Å². The molecule has 0 spiro atoms. The lowest BCUT2D eigenvalue weighted by molar-refractivity contribution is -0.114. The molecule has 1 heterocycles. The van der Waals surface area contributed by atoms with Gasteiger partial charge < -0.3 is 16.0 Å². The van der Waals surface area contributed by atoms with Crippen LogP contribution in [0.15, 0.2) is 72.8 Å². The Morgan fingerprint density at radius 1 is 0.759 bits per heavy atom. The summed E-state index contributed by atoms with van der Waals surface area (Å²) < 4.78 is 0. The quantitative estimate of drug-likeness (QED) is 0.604. The lowest BCUT2D eigenvalue weighted by Crippen LogP contribution is -2.25. The van der Waals surface area contributed by atoms with Gasteiger partial charge in [-0.05, 0) is 35.9 Å². The van der Waals surface area contributed by atoms with Crippen LogP contribution in [0.4, 0.5) is 11.4 Å². The fourth-order valence-electron chi connectivity index (χ4n) is 2.63. The van der Waals surface area contributed by atoms with Gasteiger partial charge in [0, 0.05) is 24.8 Å². The number of nitrogens with zero attached hydrogens (tertiary/aromatic N) is 1. The van der Waals surface area contributed by atoms with Gasteiger partial charge in [0.15, 0.2) is 0 Å². The lowest BCUT2D eigenvalue weighted by Gasteiger charge is -2.09. The summed E-state index contributed by atoms with van der Waals surface area (Å²) >= 11 is 0. The zero-order chi connectivity index (χ0) is 20.6. The van der Waals surface area contributed by atoms with E-state index < -0.39 is 5.91 Å². The average molecular weight is 388 g/mol. The molecule has 1 aromatic heterocycles. The number of carbonyl (C=O) groups excluding carboxylic acids is 3. The molecule has 0 unspecified atom stereocenters. The lowest BCUT2D eigenvalue weighted by atomic mass is 10.2. The van der Waals surface area contributed by atoms with Gasteiger partial charge in [-0.3, -0.25) is 14.4 Å². The summed E-state index contributed by atoms with van der Waals surface area (Å²) in [5, 5.41) is 8.15. The number of pyridine rings is 1. The first-order chi connectivity index (χ1) is 14.0. The molecule has 146 valence electrons. The minimum atomic E-state index is -0.456. The Balaban J connectivity index is 1.66. The summed E-state index contributed by atoms with van der Waals surface area (Å²) in [6.45, 7) is 1.78. The molecule has 0 saturated carbocycles. The van der Waals surface area contributed by atoms with Gasteiger partial charge >= 0.3 is 0 Å². The Labute approximate surface area is 168 Å². The number of aromatic nitrogens is 1. The molecule has 2 aromatic carbocycles. The minimum Gasteiger partial charge on any atom is -0.347 e. The molecule has 0 fully saturated rings. The van der Waals surface area contributed by atoms with Crippen molar-refractivity contribution in [3.63, 3.8) is 0 Å². The summed E-state index contributed by atoms with van der Waals surface area (Å²) in [6, 6.07) is 20.9. The first-order valence-electron chi connectivity index (χ1n) is 8.99.